The summed E-state index contributed by atoms with van der Waals surface area (Å²) in [6.07, 6.45) is 2.10. The maximum absolute atomic E-state index is 13.7. The lowest BCUT2D eigenvalue weighted by atomic mass is 9.99. The van der Waals surface area contributed by atoms with E-state index >= 15 is 0 Å². The van der Waals surface area contributed by atoms with E-state index in [4.69, 9.17) is 71.8 Å². The fourth-order valence-electron chi connectivity index (χ4n) is 6.80. The summed E-state index contributed by atoms with van der Waals surface area (Å²) in [5.74, 6) is -2.02. The Labute approximate surface area is 417 Å². The van der Waals surface area contributed by atoms with Crippen LogP contribution in [0, 0.1) is 6.92 Å². The zero-order valence-electron chi connectivity index (χ0n) is 42.2. The van der Waals surface area contributed by atoms with E-state index < -0.39 is 23.4 Å². The van der Waals surface area contributed by atoms with Crippen LogP contribution >= 0.6 is 0 Å². The minimum absolute atomic E-state index is 0.00328. The molecular weight excluding hydrogens is 935 g/mol. The molecule has 1 aromatic heterocycles. The van der Waals surface area contributed by atoms with Gasteiger partial charge < -0.3 is 76.7 Å². The van der Waals surface area contributed by atoms with Gasteiger partial charge in [-0.3, -0.25) is 14.4 Å². The molecule has 1 aliphatic heterocycles. The predicted molar refractivity (Wildman–Crippen MR) is 258 cm³/mol. The molecule has 3 amide bonds. The lowest BCUT2D eigenvalue weighted by Gasteiger charge is -2.23. The Hall–Kier alpha value is -4.17. The van der Waals surface area contributed by atoms with E-state index in [0.29, 0.717) is 199 Å². The number of hydrogen-bond acceptors (Lipinski definition) is 20. The summed E-state index contributed by atoms with van der Waals surface area (Å²) in [5.41, 5.74) is 8.29. The van der Waals surface area contributed by atoms with Gasteiger partial charge in [0.25, 0.3) is 11.8 Å². The van der Waals surface area contributed by atoms with Crippen molar-refractivity contribution in [3.05, 3.63) is 39.2 Å². The van der Waals surface area contributed by atoms with Gasteiger partial charge in [-0.25, -0.2) is 9.59 Å². The summed E-state index contributed by atoms with van der Waals surface area (Å²) in [7, 11) is 1.64. The number of imide groups is 1. The molecule has 0 radical (unpaired) electrons. The number of nitrogen functional groups attached to an aromatic ring is 1. The number of carbonyl (C=O) groups is 4. The molecule has 3 rings (SSSR count). The van der Waals surface area contributed by atoms with E-state index in [1.54, 1.807) is 25.0 Å². The molecule has 22 heteroatoms. The van der Waals surface area contributed by atoms with Gasteiger partial charge in [0.1, 0.15) is 5.58 Å². The minimum Gasteiger partial charge on any atom is -0.422 e. The Kier molecular flexibility index (Phi) is 33.9. The number of unbranched alkanes of at least 4 members (excludes halogenated alkanes) is 2. The fourth-order valence-corrected chi connectivity index (χ4v) is 6.80. The van der Waals surface area contributed by atoms with Crippen LogP contribution in [-0.2, 0) is 93.7 Å². The van der Waals surface area contributed by atoms with Crippen LogP contribution in [0.25, 0.3) is 11.0 Å². The van der Waals surface area contributed by atoms with Gasteiger partial charge in [0.05, 0.1) is 164 Å². The van der Waals surface area contributed by atoms with Gasteiger partial charge in [-0.15, -0.1) is 5.06 Å². The largest absolute Gasteiger partial charge is 0.422 e. The molecule has 0 spiro atoms. The first-order valence-corrected chi connectivity index (χ1v) is 24.7. The van der Waals surface area contributed by atoms with Crippen LogP contribution in [0.3, 0.4) is 0 Å². The highest BCUT2D eigenvalue weighted by atomic mass is 16.7. The van der Waals surface area contributed by atoms with Crippen molar-refractivity contribution in [2.75, 3.05) is 178 Å². The molecule has 0 unspecified atom stereocenters. The number of aryl methyl sites for hydroxylation is 2. The molecule has 1 fully saturated rings. The van der Waals surface area contributed by atoms with Gasteiger partial charge in [-0.1, -0.05) is 13.3 Å². The van der Waals surface area contributed by atoms with E-state index in [1.165, 1.54) is 0 Å². The van der Waals surface area contributed by atoms with Crippen LogP contribution in [0.15, 0.2) is 21.3 Å². The zero-order valence-corrected chi connectivity index (χ0v) is 42.2. The highest BCUT2D eigenvalue weighted by Gasteiger charge is 2.32. The molecule has 1 aromatic carbocycles. The number of hydroxylamine groups is 2. The first kappa shape index (κ1) is 61.1. The molecule has 2 heterocycles. The molecule has 0 atom stereocenters. The van der Waals surface area contributed by atoms with Crippen molar-refractivity contribution in [3.8, 4) is 0 Å². The van der Waals surface area contributed by atoms with Gasteiger partial charge in [0.15, 0.2) is 0 Å². The number of fused-ring (bicyclic) bond motifs is 1. The van der Waals surface area contributed by atoms with E-state index in [-0.39, 0.29) is 50.3 Å². The van der Waals surface area contributed by atoms with E-state index in [1.807, 2.05) is 13.0 Å². The van der Waals surface area contributed by atoms with Crippen LogP contribution < -0.4 is 11.4 Å². The quantitative estimate of drug-likeness (QED) is 0.0433. The average Bonchev–Trinajstić information content (AvgIpc) is 3.67. The van der Waals surface area contributed by atoms with Gasteiger partial charge in [0, 0.05) is 56.6 Å². The summed E-state index contributed by atoms with van der Waals surface area (Å²) >= 11 is 0. The van der Waals surface area contributed by atoms with Gasteiger partial charge >= 0.3 is 11.6 Å². The van der Waals surface area contributed by atoms with Gasteiger partial charge in [0.2, 0.25) is 5.91 Å². The first-order valence-electron chi connectivity index (χ1n) is 24.7. The normalized spacial score (nSPS) is 12.7. The van der Waals surface area contributed by atoms with Crippen LogP contribution in [0.5, 0.6) is 0 Å². The van der Waals surface area contributed by atoms with E-state index in [9.17, 15) is 24.0 Å². The molecule has 22 nitrogen and oxygen atoms in total. The van der Waals surface area contributed by atoms with Crippen molar-refractivity contribution in [3.63, 3.8) is 0 Å². The third kappa shape index (κ3) is 26.9. The van der Waals surface area contributed by atoms with Crippen molar-refractivity contribution in [2.24, 2.45) is 0 Å². The Bertz CT molecular complexity index is 1830. The monoisotopic (exact) mass is 1010 g/mol. The molecule has 2 aromatic rings. The highest BCUT2D eigenvalue weighted by Crippen LogP contribution is 2.26. The lowest BCUT2D eigenvalue weighted by Crippen LogP contribution is -2.37. The Morgan fingerprint density at radius 3 is 1.44 bits per heavy atom. The lowest BCUT2D eigenvalue weighted by molar-refractivity contribution is -0.197. The van der Waals surface area contributed by atoms with Gasteiger partial charge in [-0.05, 0) is 43.4 Å². The number of methoxy groups -OCH3 is 1. The summed E-state index contributed by atoms with van der Waals surface area (Å²) in [5, 5.41) is 1.26. The maximum Gasteiger partial charge on any atom is 0.340 e. The number of anilines is 1. The number of ether oxygens (including phenoxy) is 12. The molecule has 71 heavy (non-hydrogen) atoms. The number of nitrogens with two attached hydrogens (primary N) is 1. The molecule has 1 saturated heterocycles. The summed E-state index contributed by atoms with van der Waals surface area (Å²) in [6, 6.07) is 3.54. The second-order valence-corrected chi connectivity index (χ2v) is 16.0. The zero-order chi connectivity index (χ0) is 51.2. The number of benzene rings is 1. The van der Waals surface area contributed by atoms with E-state index in [2.05, 4.69) is 0 Å². The Balaban J connectivity index is 1.17. The second-order valence-electron chi connectivity index (χ2n) is 16.0. The topological polar surface area (TPSA) is 251 Å². The number of rotatable bonds is 46. The SMILES string of the molecule is CCc1cc2c(C)c(CC(=O)N(CCCCCC(=O)ON3C(=O)CCC3=O)CCOCCOCCOCCOCCOCCOCCOCCOCCOCCOCCOCCOC)c(=O)oc2cc1N. The Morgan fingerprint density at radius 2 is 1.01 bits per heavy atom. The van der Waals surface area contributed by atoms with Crippen LogP contribution in [-0.4, -0.2) is 206 Å². The maximum atomic E-state index is 13.7. The summed E-state index contributed by atoms with van der Waals surface area (Å²) in [4.78, 5) is 69.2. The number of nitrogens with zero attached hydrogens (tertiary/aromatic N) is 2. The van der Waals surface area contributed by atoms with Crippen molar-refractivity contribution < 1.29 is 85.3 Å². The smallest absolute Gasteiger partial charge is 0.340 e. The first-order chi connectivity index (χ1) is 34.7. The number of amides is 3. The molecule has 0 bridgehead atoms. The second kappa shape index (κ2) is 39.4. The number of carbonyl (C=O) groups excluding carboxylic acids is 4. The molecule has 404 valence electrons. The predicted octanol–water partition coefficient (Wildman–Crippen LogP) is 2.61. The summed E-state index contributed by atoms with van der Waals surface area (Å²) < 4.78 is 71.2. The van der Waals surface area contributed by atoms with E-state index in [0.717, 1.165) is 10.9 Å². The van der Waals surface area contributed by atoms with Crippen LogP contribution in [0.4, 0.5) is 5.69 Å². The van der Waals surface area contributed by atoms with Crippen LogP contribution in [0.1, 0.15) is 62.1 Å². The van der Waals surface area contributed by atoms with Crippen molar-refractivity contribution in [1.82, 2.24) is 9.96 Å². The molecule has 0 saturated carbocycles. The van der Waals surface area contributed by atoms with Crippen LogP contribution in [0.2, 0.25) is 0 Å². The minimum atomic E-state index is -0.674. The fraction of sp³-hybridized carbons (Fsp3) is 0.735. The number of hydrogen-bond donors (Lipinski definition) is 1. The molecule has 0 aliphatic carbocycles. The van der Waals surface area contributed by atoms with Crippen molar-refractivity contribution in [2.45, 2.75) is 65.2 Å². The van der Waals surface area contributed by atoms with Crippen molar-refractivity contribution >= 4 is 40.3 Å². The van der Waals surface area contributed by atoms with Crippen molar-refractivity contribution in [1.29, 1.82) is 0 Å². The third-order valence-corrected chi connectivity index (χ3v) is 10.8. The molecular formula is C49H79N3O19. The molecule has 2 N–H and O–H groups in total. The summed E-state index contributed by atoms with van der Waals surface area (Å²) in [6.45, 7) is 14.7. The highest BCUT2D eigenvalue weighted by molar-refractivity contribution is 6.01. The third-order valence-electron chi connectivity index (χ3n) is 10.8. The average molecular weight is 1010 g/mol. The standard InChI is InChI=1S/C49H79N3O19/c1-4-40-36-41-39(2)42(49(57)70-44(41)38-43(40)50)37-47(55)51(11-7-5-6-8-48(56)71-52-45(53)9-10-46(52)54)12-13-59-16-17-61-20-21-63-24-25-65-28-29-67-32-33-69-35-34-68-31-30-66-27-26-64-23-22-62-19-18-60-15-14-58-3/h36,38H,4-35,37,50H2,1-3H3. The van der Waals surface area contributed by atoms with Gasteiger partial charge in [-0.2, -0.15) is 0 Å². The molecule has 1 aliphatic rings. The Morgan fingerprint density at radius 1 is 0.592 bits per heavy atom.